The van der Waals surface area contributed by atoms with Crippen molar-refractivity contribution < 1.29 is 33.0 Å². The summed E-state index contributed by atoms with van der Waals surface area (Å²) in [6.07, 6.45) is 7.43. The number of hydrogen-bond donors (Lipinski definition) is 3. The van der Waals surface area contributed by atoms with Gasteiger partial charge in [-0.25, -0.2) is 13.3 Å². The minimum absolute atomic E-state index is 0.0472. The molecule has 0 unspecified atom stereocenters. The number of anilines is 2. The summed E-state index contributed by atoms with van der Waals surface area (Å²) in [5, 5.41) is 35.7. The van der Waals surface area contributed by atoms with Crippen LogP contribution in [0.5, 0.6) is 0 Å². The van der Waals surface area contributed by atoms with Crippen LogP contribution in [0, 0.1) is 23.0 Å². The summed E-state index contributed by atoms with van der Waals surface area (Å²) in [6, 6.07) is 14.4. The van der Waals surface area contributed by atoms with E-state index in [0.717, 1.165) is 56.2 Å². The van der Waals surface area contributed by atoms with E-state index >= 15 is 8.78 Å². The van der Waals surface area contributed by atoms with Crippen molar-refractivity contribution in [3.05, 3.63) is 88.9 Å². The zero-order valence-electron chi connectivity index (χ0n) is 35.0. The van der Waals surface area contributed by atoms with E-state index < -0.39 is 40.9 Å². The van der Waals surface area contributed by atoms with E-state index in [4.69, 9.17) is 9.84 Å². The van der Waals surface area contributed by atoms with Gasteiger partial charge in [-0.2, -0.15) is 15.5 Å². The molecule has 3 aromatic heterocycles. The fourth-order valence-corrected chi connectivity index (χ4v) is 9.96. The summed E-state index contributed by atoms with van der Waals surface area (Å²) in [7, 11) is 1.73. The van der Waals surface area contributed by atoms with E-state index in [1.54, 1.807) is 39.2 Å². The minimum atomic E-state index is -1.27. The van der Waals surface area contributed by atoms with E-state index in [9.17, 15) is 24.8 Å². The Balaban J connectivity index is 0.821. The van der Waals surface area contributed by atoms with Gasteiger partial charge in [0.05, 0.1) is 47.0 Å². The predicted molar refractivity (Wildman–Crippen MR) is 226 cm³/mol. The molecule has 4 fully saturated rings. The van der Waals surface area contributed by atoms with Crippen molar-refractivity contribution in [2.45, 2.75) is 88.1 Å². The zero-order valence-corrected chi connectivity index (χ0v) is 35.0. The van der Waals surface area contributed by atoms with Crippen molar-refractivity contribution in [3.63, 3.8) is 0 Å². The van der Waals surface area contributed by atoms with Crippen LogP contribution < -0.4 is 15.5 Å². The Bertz CT molecular complexity index is 2580. The minimum Gasteiger partial charge on any atom is -0.386 e. The first-order valence-corrected chi connectivity index (χ1v) is 21.3. The molecule has 1 aliphatic carbocycles. The van der Waals surface area contributed by atoms with E-state index in [2.05, 4.69) is 31.6 Å². The number of amides is 3. The molecule has 1 saturated carbocycles. The number of fused-ring (bicyclic) bond motifs is 2. The number of nitriles is 1. The number of halogens is 2. The highest BCUT2D eigenvalue weighted by molar-refractivity contribution is 6.05. The van der Waals surface area contributed by atoms with Crippen LogP contribution in [0.4, 0.5) is 20.2 Å². The van der Waals surface area contributed by atoms with Crippen LogP contribution in [-0.4, -0.2) is 117 Å². The average Bonchev–Trinajstić information content (AvgIpc) is 3.84. The molecular formula is C45H50F2N10O5. The van der Waals surface area contributed by atoms with Crippen LogP contribution in [0.1, 0.15) is 91.5 Å². The molecule has 9 rings (SSSR count). The Kier molecular flexibility index (Phi) is 11.0. The molecule has 3 N–H and O–H groups in total. The molecule has 2 atom stereocenters. The summed E-state index contributed by atoms with van der Waals surface area (Å²) in [5.74, 6) is -4.05. The third-order valence-corrected chi connectivity index (χ3v) is 13.3. The number of hydrogen-bond acceptors (Lipinski definition) is 11. The second-order valence-corrected chi connectivity index (χ2v) is 17.7. The number of aliphatic hydroxyl groups is 1. The second kappa shape index (κ2) is 16.5. The summed E-state index contributed by atoms with van der Waals surface area (Å²) in [5.41, 5.74) is 1.95. The SMILES string of the molecule is COC[C@@H]1CN(C2CN(c3cc(F)c([C@H]4CCC(=O)NC4=O)c(F)c3)C2)CCN1C1CCC(n2cc3cc(NC(=O)c4ccc5cc(C#N)cnn45)c(C(C)(C)O)cc3n2)CC1. The van der Waals surface area contributed by atoms with Gasteiger partial charge in [-0.15, -0.1) is 0 Å². The highest BCUT2D eigenvalue weighted by atomic mass is 19.1. The molecule has 0 radical (unpaired) electrons. The van der Waals surface area contributed by atoms with Crippen molar-refractivity contribution in [2.75, 3.05) is 56.7 Å². The second-order valence-electron chi connectivity index (χ2n) is 17.7. The molecule has 3 aliphatic heterocycles. The molecule has 2 aromatic carbocycles. The van der Waals surface area contributed by atoms with Crippen LogP contribution in [0.3, 0.4) is 0 Å². The van der Waals surface area contributed by atoms with Crippen LogP contribution in [-0.2, 0) is 19.9 Å². The number of carbonyl (C=O) groups is 3. The molecule has 3 amide bonds. The van der Waals surface area contributed by atoms with Crippen molar-refractivity contribution in [1.29, 1.82) is 5.26 Å². The number of rotatable bonds is 10. The molecular weight excluding hydrogens is 799 g/mol. The summed E-state index contributed by atoms with van der Waals surface area (Å²) in [6.45, 7) is 7.81. The lowest BCUT2D eigenvalue weighted by Crippen LogP contribution is -2.67. The summed E-state index contributed by atoms with van der Waals surface area (Å²) in [4.78, 5) is 44.5. The van der Waals surface area contributed by atoms with Gasteiger partial charge in [0.2, 0.25) is 11.8 Å². The van der Waals surface area contributed by atoms with Crippen molar-refractivity contribution >= 4 is 45.5 Å². The lowest BCUT2D eigenvalue weighted by molar-refractivity contribution is -0.134. The van der Waals surface area contributed by atoms with Gasteiger partial charge in [-0.1, -0.05) is 0 Å². The average molecular weight is 849 g/mol. The highest BCUT2D eigenvalue weighted by Gasteiger charge is 2.41. The molecule has 62 heavy (non-hydrogen) atoms. The first-order valence-electron chi connectivity index (χ1n) is 21.3. The first-order chi connectivity index (χ1) is 29.8. The molecule has 6 heterocycles. The Morgan fingerprint density at radius 2 is 1.74 bits per heavy atom. The molecule has 17 heteroatoms. The van der Waals surface area contributed by atoms with Crippen molar-refractivity contribution in [2.24, 2.45) is 0 Å². The third kappa shape index (κ3) is 7.92. The van der Waals surface area contributed by atoms with E-state index in [1.807, 2.05) is 27.9 Å². The molecule has 0 spiro atoms. The fourth-order valence-electron chi connectivity index (χ4n) is 9.96. The molecule has 0 bridgehead atoms. The predicted octanol–water partition coefficient (Wildman–Crippen LogP) is 4.84. The Morgan fingerprint density at radius 3 is 2.44 bits per heavy atom. The maximum atomic E-state index is 15.3. The number of aromatic nitrogens is 4. The quantitative estimate of drug-likeness (QED) is 0.164. The Morgan fingerprint density at radius 1 is 1.00 bits per heavy atom. The standard InChI is InChI=1S/C45H50F2N10O5/c1-45(2,61)35-18-38-27(15-39(35)50-44(60)40-10-8-30-14-26(19-48)20-49-57(30)40)21-56(52-38)29-6-4-28(5-7-29)55-13-12-53(24-33(55)25-62-3)32-22-54(23-32)31-16-36(46)42(37(47)17-31)34-9-11-41(58)51-43(34)59/h8,10,14-18,20-21,28-29,32-34,61H,4-7,9,11-13,22-25H2,1-3H3,(H,50,60)(H,51,58,59)/t28?,29?,33-,34+/m0/s1. The molecule has 324 valence electrons. The van der Waals surface area contributed by atoms with Crippen molar-refractivity contribution in [3.8, 4) is 6.07 Å². The van der Waals surface area contributed by atoms with E-state index in [1.165, 1.54) is 22.8 Å². The number of piperazine rings is 1. The lowest BCUT2D eigenvalue weighted by Gasteiger charge is -2.53. The third-order valence-electron chi connectivity index (χ3n) is 13.3. The van der Waals surface area contributed by atoms with E-state index in [-0.39, 0.29) is 36.5 Å². The topological polar surface area (TPSA) is 173 Å². The maximum absolute atomic E-state index is 15.3. The monoisotopic (exact) mass is 848 g/mol. The summed E-state index contributed by atoms with van der Waals surface area (Å²) >= 11 is 0. The van der Waals surface area contributed by atoms with Gasteiger partial charge >= 0.3 is 0 Å². The number of benzene rings is 2. The Hall–Kier alpha value is -5.80. The van der Waals surface area contributed by atoms with E-state index in [0.29, 0.717) is 59.5 Å². The first kappa shape index (κ1) is 41.5. The van der Waals surface area contributed by atoms with Gasteiger partial charge in [0.25, 0.3) is 5.91 Å². The van der Waals surface area contributed by atoms with Gasteiger partial charge in [-0.05, 0) is 88.4 Å². The normalized spacial score (nSPS) is 23.1. The molecule has 4 aliphatic rings. The number of piperidine rings is 1. The van der Waals surface area contributed by atoms with Gasteiger partial charge in [0.1, 0.15) is 23.4 Å². The van der Waals surface area contributed by atoms with Crippen LogP contribution in [0.15, 0.2) is 54.9 Å². The number of nitrogens with zero attached hydrogens (tertiary/aromatic N) is 8. The highest BCUT2D eigenvalue weighted by Crippen LogP contribution is 2.38. The lowest BCUT2D eigenvalue weighted by atomic mass is 9.88. The molecule has 3 saturated heterocycles. The number of carbonyl (C=O) groups excluding carboxylic acids is 3. The van der Waals surface area contributed by atoms with Crippen LogP contribution >= 0.6 is 0 Å². The van der Waals surface area contributed by atoms with Crippen LogP contribution in [0.25, 0.3) is 16.4 Å². The molecule has 15 nitrogen and oxygen atoms in total. The smallest absolute Gasteiger partial charge is 0.274 e. The summed E-state index contributed by atoms with van der Waals surface area (Å²) < 4.78 is 39.8. The van der Waals surface area contributed by atoms with Crippen LogP contribution in [0.2, 0.25) is 0 Å². The number of ether oxygens (including phenoxy) is 1. The Labute approximate surface area is 357 Å². The maximum Gasteiger partial charge on any atom is 0.274 e. The number of imide groups is 1. The largest absolute Gasteiger partial charge is 0.386 e. The number of nitrogens with one attached hydrogen (secondary N) is 2. The zero-order chi connectivity index (χ0) is 43.4. The fraction of sp³-hybridized carbons (Fsp3) is 0.467. The van der Waals surface area contributed by atoms with Crippen molar-refractivity contribution in [1.82, 2.24) is 34.5 Å². The van der Waals surface area contributed by atoms with Gasteiger partial charge < -0.3 is 20.1 Å². The van der Waals surface area contributed by atoms with Gasteiger partial charge in [0, 0.05) is 98.5 Å². The molecule has 5 aromatic rings. The van der Waals surface area contributed by atoms with Gasteiger partial charge in [0.15, 0.2) is 0 Å². The number of methoxy groups -OCH3 is 1. The van der Waals surface area contributed by atoms with Gasteiger partial charge in [-0.3, -0.25) is 34.2 Å².